The highest BCUT2D eigenvalue weighted by Gasteiger charge is 2.19. The average molecular weight is 354 g/mol. The van der Waals surface area contributed by atoms with Gasteiger partial charge in [0.25, 0.3) is 0 Å². The highest BCUT2D eigenvalue weighted by atomic mass is 32.2. The van der Waals surface area contributed by atoms with Crippen LogP contribution in [0.25, 0.3) is 0 Å². The van der Waals surface area contributed by atoms with Gasteiger partial charge in [0.15, 0.2) is 5.16 Å². The van der Waals surface area contributed by atoms with Gasteiger partial charge in [0.2, 0.25) is 5.91 Å². The predicted molar refractivity (Wildman–Crippen MR) is 89.7 cm³/mol. The number of carbonyl (C=O) groups is 1. The topological polar surface area (TPSA) is 89.0 Å². The van der Waals surface area contributed by atoms with E-state index in [-0.39, 0.29) is 17.3 Å². The number of methoxy groups -OCH3 is 1. The lowest BCUT2D eigenvalue weighted by molar-refractivity contribution is -0.115. The first-order valence-electron chi connectivity index (χ1n) is 7.39. The summed E-state index contributed by atoms with van der Waals surface area (Å²) in [4.78, 5) is 24.0. The first kappa shape index (κ1) is 18.2. The highest BCUT2D eigenvalue weighted by molar-refractivity contribution is 8.00. The first-order valence-corrected chi connectivity index (χ1v) is 8.27. The van der Waals surface area contributed by atoms with Crippen molar-refractivity contribution in [3.8, 4) is 0 Å². The van der Waals surface area contributed by atoms with Gasteiger partial charge in [-0.25, -0.2) is 14.3 Å². The second kappa shape index (κ2) is 8.65. The number of thioether (sulfide) groups is 1. The van der Waals surface area contributed by atoms with E-state index in [9.17, 15) is 14.0 Å². The standard InChI is InChI=1S/C15H19FN4O3S/c1-10(13(21)17-12-7-4-3-6-11(12)16)24-15-19-18-14(22)20(15)8-5-9-23-2/h3-4,6-7,10H,5,8-9H2,1-2H3,(H,17,21)(H,18,22). The van der Waals surface area contributed by atoms with E-state index in [1.165, 1.54) is 16.7 Å². The van der Waals surface area contributed by atoms with Crippen LogP contribution in [0.1, 0.15) is 13.3 Å². The third kappa shape index (κ3) is 4.68. The Labute approximate surface area is 142 Å². The minimum Gasteiger partial charge on any atom is -0.385 e. The summed E-state index contributed by atoms with van der Waals surface area (Å²) in [6.45, 7) is 2.62. The molecule has 9 heteroatoms. The number of amides is 1. The molecule has 130 valence electrons. The van der Waals surface area contributed by atoms with Gasteiger partial charge in [-0.1, -0.05) is 23.9 Å². The summed E-state index contributed by atoms with van der Waals surface area (Å²) < 4.78 is 20.0. The molecule has 0 saturated heterocycles. The van der Waals surface area contributed by atoms with E-state index >= 15 is 0 Å². The highest BCUT2D eigenvalue weighted by Crippen LogP contribution is 2.22. The number of nitrogens with one attached hydrogen (secondary N) is 2. The van der Waals surface area contributed by atoms with Gasteiger partial charge in [-0.2, -0.15) is 0 Å². The van der Waals surface area contributed by atoms with Crippen molar-refractivity contribution in [3.63, 3.8) is 0 Å². The molecule has 1 unspecified atom stereocenters. The molecule has 1 aromatic heterocycles. The number of rotatable bonds is 8. The molecule has 0 saturated carbocycles. The van der Waals surface area contributed by atoms with E-state index in [1.807, 2.05) is 0 Å². The number of aromatic nitrogens is 3. The molecule has 0 fully saturated rings. The lowest BCUT2D eigenvalue weighted by Gasteiger charge is -2.12. The van der Waals surface area contributed by atoms with Crippen LogP contribution in [0.2, 0.25) is 0 Å². The van der Waals surface area contributed by atoms with Gasteiger partial charge in [0, 0.05) is 20.3 Å². The summed E-state index contributed by atoms with van der Waals surface area (Å²) >= 11 is 1.13. The minimum absolute atomic E-state index is 0.120. The fraction of sp³-hybridized carbons (Fsp3) is 0.400. The minimum atomic E-state index is -0.555. The Kier molecular flexibility index (Phi) is 6.56. The molecule has 24 heavy (non-hydrogen) atoms. The zero-order valence-corrected chi connectivity index (χ0v) is 14.2. The molecular weight excluding hydrogens is 335 g/mol. The molecule has 0 aliphatic heterocycles. The van der Waals surface area contributed by atoms with Gasteiger partial charge in [-0.15, -0.1) is 5.10 Å². The number of H-pyrrole nitrogens is 1. The Bertz CT molecular complexity index is 746. The van der Waals surface area contributed by atoms with Gasteiger partial charge in [0.05, 0.1) is 10.9 Å². The Morgan fingerprint density at radius 3 is 2.96 bits per heavy atom. The number of ether oxygens (including phenoxy) is 1. The quantitative estimate of drug-likeness (QED) is 0.558. The molecule has 2 N–H and O–H groups in total. The van der Waals surface area contributed by atoms with E-state index < -0.39 is 11.1 Å². The van der Waals surface area contributed by atoms with E-state index in [2.05, 4.69) is 15.5 Å². The maximum atomic E-state index is 13.6. The number of aromatic amines is 1. The van der Waals surface area contributed by atoms with Gasteiger partial charge in [-0.05, 0) is 25.5 Å². The van der Waals surface area contributed by atoms with Gasteiger partial charge < -0.3 is 10.1 Å². The molecule has 1 amide bonds. The van der Waals surface area contributed by atoms with Crippen LogP contribution < -0.4 is 11.0 Å². The molecule has 0 spiro atoms. The summed E-state index contributed by atoms with van der Waals surface area (Å²) in [5.74, 6) is -0.872. The Morgan fingerprint density at radius 1 is 1.50 bits per heavy atom. The molecule has 7 nitrogen and oxygen atoms in total. The maximum absolute atomic E-state index is 13.6. The SMILES string of the molecule is COCCCn1c(SC(C)C(=O)Nc2ccccc2F)n[nH]c1=O. The van der Waals surface area contributed by atoms with Crippen LogP contribution in [0.4, 0.5) is 10.1 Å². The first-order chi connectivity index (χ1) is 11.5. The van der Waals surface area contributed by atoms with Crippen LogP contribution in [0, 0.1) is 5.82 Å². The molecule has 0 bridgehead atoms. The molecule has 2 rings (SSSR count). The summed E-state index contributed by atoms with van der Waals surface area (Å²) in [7, 11) is 1.59. The number of para-hydroxylation sites is 1. The predicted octanol–water partition coefficient (Wildman–Crippen LogP) is 1.87. The molecule has 1 aromatic carbocycles. The molecule has 1 heterocycles. The zero-order valence-electron chi connectivity index (χ0n) is 13.4. The molecule has 0 aliphatic carbocycles. The lowest BCUT2D eigenvalue weighted by atomic mass is 10.3. The summed E-state index contributed by atoms with van der Waals surface area (Å²) in [6.07, 6.45) is 0.652. The average Bonchev–Trinajstić information content (AvgIpc) is 2.90. The van der Waals surface area contributed by atoms with Crippen LogP contribution >= 0.6 is 11.8 Å². The largest absolute Gasteiger partial charge is 0.385 e. The Morgan fingerprint density at radius 2 is 2.25 bits per heavy atom. The number of anilines is 1. The zero-order chi connectivity index (χ0) is 17.5. The fourth-order valence-corrected chi connectivity index (χ4v) is 2.85. The second-order valence-electron chi connectivity index (χ2n) is 5.04. The Balaban J connectivity index is 2.01. The van der Waals surface area contributed by atoms with Gasteiger partial charge >= 0.3 is 5.69 Å². The van der Waals surface area contributed by atoms with Crippen LogP contribution in [-0.2, 0) is 16.1 Å². The monoisotopic (exact) mass is 354 g/mol. The van der Waals surface area contributed by atoms with Crippen LogP contribution in [-0.4, -0.2) is 39.6 Å². The number of halogens is 1. The van der Waals surface area contributed by atoms with Gasteiger partial charge in [-0.3, -0.25) is 9.36 Å². The maximum Gasteiger partial charge on any atom is 0.343 e. The number of hydrogen-bond donors (Lipinski definition) is 2. The van der Waals surface area contributed by atoms with Crippen molar-refractivity contribution in [1.29, 1.82) is 0 Å². The molecular formula is C15H19FN4O3S. The molecule has 2 aromatic rings. The van der Waals surface area contributed by atoms with E-state index in [0.717, 1.165) is 11.8 Å². The Hall–Kier alpha value is -2.13. The van der Waals surface area contributed by atoms with Gasteiger partial charge in [0.1, 0.15) is 5.82 Å². The van der Waals surface area contributed by atoms with Crippen molar-refractivity contribution in [2.45, 2.75) is 30.3 Å². The molecule has 0 radical (unpaired) electrons. The number of nitrogens with zero attached hydrogens (tertiary/aromatic N) is 2. The van der Waals surface area contributed by atoms with Crippen molar-refractivity contribution >= 4 is 23.4 Å². The van der Waals surface area contributed by atoms with Crippen molar-refractivity contribution in [3.05, 3.63) is 40.6 Å². The second-order valence-corrected chi connectivity index (χ2v) is 6.35. The van der Waals surface area contributed by atoms with Crippen molar-refractivity contribution in [2.75, 3.05) is 19.0 Å². The third-order valence-corrected chi connectivity index (χ3v) is 4.33. The number of carbonyl (C=O) groups excluding carboxylic acids is 1. The summed E-state index contributed by atoms with van der Waals surface area (Å²) in [6, 6.07) is 5.94. The van der Waals surface area contributed by atoms with Crippen molar-refractivity contribution < 1.29 is 13.9 Å². The van der Waals surface area contributed by atoms with Crippen molar-refractivity contribution in [1.82, 2.24) is 14.8 Å². The summed E-state index contributed by atoms with van der Waals surface area (Å²) in [5, 5.41) is 8.69. The van der Waals surface area contributed by atoms with E-state index in [4.69, 9.17) is 4.74 Å². The number of hydrogen-bond acceptors (Lipinski definition) is 5. The van der Waals surface area contributed by atoms with E-state index in [1.54, 1.807) is 26.2 Å². The summed E-state index contributed by atoms with van der Waals surface area (Å²) in [5.41, 5.74) is -0.218. The fourth-order valence-electron chi connectivity index (χ4n) is 1.97. The molecule has 1 atom stereocenters. The van der Waals surface area contributed by atoms with Crippen LogP contribution in [0.3, 0.4) is 0 Å². The van der Waals surface area contributed by atoms with E-state index in [0.29, 0.717) is 24.7 Å². The van der Waals surface area contributed by atoms with Crippen LogP contribution in [0.15, 0.2) is 34.2 Å². The van der Waals surface area contributed by atoms with Crippen LogP contribution in [0.5, 0.6) is 0 Å². The third-order valence-electron chi connectivity index (χ3n) is 3.24. The normalized spacial score (nSPS) is 12.1. The smallest absolute Gasteiger partial charge is 0.343 e. The van der Waals surface area contributed by atoms with Crippen molar-refractivity contribution in [2.24, 2.45) is 0 Å². The number of benzene rings is 1. The molecule has 0 aliphatic rings. The lowest BCUT2D eigenvalue weighted by Crippen LogP contribution is -2.24.